The molecule has 3 rings (SSSR count). The van der Waals surface area contributed by atoms with Gasteiger partial charge in [0.25, 0.3) is 0 Å². The van der Waals surface area contributed by atoms with Crippen LogP contribution < -0.4 is 19.5 Å². The summed E-state index contributed by atoms with van der Waals surface area (Å²) in [6.07, 6.45) is 3.43. The number of hydrogen-bond donors (Lipinski definition) is 1. The number of rotatable bonds is 13. The number of hydrogen-bond acceptors (Lipinski definition) is 8. The molecule has 0 bridgehead atoms. The van der Waals surface area contributed by atoms with E-state index in [4.69, 9.17) is 14.2 Å². The number of pyridine rings is 1. The van der Waals surface area contributed by atoms with E-state index in [0.29, 0.717) is 40.4 Å². The number of fused-ring (bicyclic) bond motifs is 1. The number of nitrogens with zero attached hydrogens (tertiary/aromatic N) is 2. The van der Waals surface area contributed by atoms with Crippen molar-refractivity contribution in [1.29, 1.82) is 0 Å². The summed E-state index contributed by atoms with van der Waals surface area (Å²) in [5.74, 6) is 2.12. The van der Waals surface area contributed by atoms with Crippen molar-refractivity contribution in [3.63, 3.8) is 0 Å². The molecule has 0 aliphatic rings. The monoisotopic (exact) mass is 501 g/mol. The molecule has 7 nitrogen and oxygen atoms in total. The Bertz CT molecular complexity index is 1150. The molecule has 1 N–H and O–H groups in total. The zero-order valence-corrected chi connectivity index (χ0v) is 21.4. The van der Waals surface area contributed by atoms with Crippen LogP contribution in [0, 0.1) is 5.82 Å². The summed E-state index contributed by atoms with van der Waals surface area (Å²) in [4.78, 5) is 17.7. The van der Waals surface area contributed by atoms with Crippen LogP contribution in [0.2, 0.25) is 0 Å². The van der Waals surface area contributed by atoms with E-state index < -0.39 is 5.82 Å². The van der Waals surface area contributed by atoms with Crippen LogP contribution in [0.1, 0.15) is 19.8 Å². The minimum Gasteiger partial charge on any atom is -0.493 e. The first-order valence-electron chi connectivity index (χ1n) is 11.5. The van der Waals surface area contributed by atoms with Crippen molar-refractivity contribution in [2.75, 3.05) is 52.0 Å². The number of methoxy groups -OCH3 is 1. The molecule has 35 heavy (non-hydrogen) atoms. The third-order valence-electron chi connectivity index (χ3n) is 5.36. The molecule has 0 aliphatic carbocycles. The van der Waals surface area contributed by atoms with Gasteiger partial charge in [-0.15, -0.1) is 0 Å². The van der Waals surface area contributed by atoms with Crippen molar-refractivity contribution < 1.29 is 23.4 Å². The van der Waals surface area contributed by atoms with Gasteiger partial charge in [-0.05, 0) is 50.7 Å². The molecule has 188 valence electrons. The van der Waals surface area contributed by atoms with Crippen molar-refractivity contribution in [3.8, 4) is 23.0 Å². The highest BCUT2D eigenvalue weighted by atomic mass is 32.2. The highest BCUT2D eigenvalue weighted by Gasteiger charge is 2.14. The summed E-state index contributed by atoms with van der Waals surface area (Å²) >= 11 is 1.37. The topological polar surface area (TPSA) is 72.9 Å². The first kappa shape index (κ1) is 26.6. The molecule has 9 heteroatoms. The number of halogens is 1. The largest absolute Gasteiger partial charge is 0.493 e. The van der Waals surface area contributed by atoms with E-state index in [1.54, 1.807) is 51.5 Å². The van der Waals surface area contributed by atoms with E-state index in [0.717, 1.165) is 31.7 Å². The van der Waals surface area contributed by atoms with E-state index in [1.165, 1.54) is 17.8 Å². The Morgan fingerprint density at radius 3 is 2.60 bits per heavy atom. The second kappa shape index (κ2) is 13.2. The predicted molar refractivity (Wildman–Crippen MR) is 140 cm³/mol. The normalized spacial score (nSPS) is 11.0. The zero-order valence-electron chi connectivity index (χ0n) is 20.6. The van der Waals surface area contributed by atoms with Gasteiger partial charge in [0.15, 0.2) is 28.2 Å². The van der Waals surface area contributed by atoms with Crippen LogP contribution in [-0.4, -0.2) is 61.7 Å². The van der Waals surface area contributed by atoms with Gasteiger partial charge in [0, 0.05) is 55.7 Å². The van der Waals surface area contributed by atoms with E-state index in [1.807, 2.05) is 6.07 Å². The summed E-state index contributed by atoms with van der Waals surface area (Å²) in [6.45, 7) is 3.94. The number of aromatic nitrogens is 1. The smallest absolute Gasteiger partial charge is 0.185 e. The molecule has 0 saturated carbocycles. The summed E-state index contributed by atoms with van der Waals surface area (Å²) < 4.78 is 31.9. The number of nitrogens with one attached hydrogen (secondary N) is 1. The molecule has 0 radical (unpaired) electrons. The van der Waals surface area contributed by atoms with Crippen molar-refractivity contribution in [1.82, 2.24) is 9.88 Å². The third-order valence-corrected chi connectivity index (χ3v) is 6.26. The fourth-order valence-electron chi connectivity index (χ4n) is 3.53. The lowest BCUT2D eigenvalue weighted by Gasteiger charge is -2.17. The van der Waals surface area contributed by atoms with Gasteiger partial charge in [-0.2, -0.15) is 0 Å². The van der Waals surface area contributed by atoms with Gasteiger partial charge in [-0.3, -0.25) is 9.78 Å². The number of thioether (sulfide) groups is 1. The fraction of sp³-hybridized carbons (Fsp3) is 0.385. The molecule has 0 saturated heterocycles. The van der Waals surface area contributed by atoms with Crippen LogP contribution in [-0.2, 0) is 4.79 Å². The first-order chi connectivity index (χ1) is 16.9. The molecular weight excluding hydrogens is 469 g/mol. The van der Waals surface area contributed by atoms with E-state index in [-0.39, 0.29) is 10.9 Å². The summed E-state index contributed by atoms with van der Waals surface area (Å²) in [5.41, 5.74) is 1.32. The molecule has 3 aromatic rings. The average molecular weight is 502 g/mol. The molecule has 0 amide bonds. The lowest BCUT2D eigenvalue weighted by atomic mass is 10.1. The van der Waals surface area contributed by atoms with Crippen LogP contribution in [0.3, 0.4) is 0 Å². The fourth-order valence-corrected chi connectivity index (χ4v) is 4.09. The quantitative estimate of drug-likeness (QED) is 0.304. The van der Waals surface area contributed by atoms with Crippen LogP contribution in [0.5, 0.6) is 23.0 Å². The second-order valence-corrected chi connectivity index (χ2v) is 9.30. The van der Waals surface area contributed by atoms with E-state index in [2.05, 4.69) is 22.2 Å². The number of carbonyl (C=O) groups is 1. The Labute approximate surface area is 210 Å². The molecule has 0 unspecified atom stereocenters. The van der Waals surface area contributed by atoms with Crippen LogP contribution in [0.4, 0.5) is 10.1 Å². The summed E-state index contributed by atoms with van der Waals surface area (Å²) in [5, 5.41) is 3.75. The second-order valence-electron chi connectivity index (χ2n) is 8.03. The van der Waals surface area contributed by atoms with Gasteiger partial charge in [0.1, 0.15) is 5.75 Å². The minimum atomic E-state index is -0.462. The Hall–Kier alpha value is -3.04. The minimum absolute atomic E-state index is 0.125. The Morgan fingerprint density at radius 2 is 1.89 bits per heavy atom. The van der Waals surface area contributed by atoms with Gasteiger partial charge < -0.3 is 24.4 Å². The van der Waals surface area contributed by atoms with Crippen LogP contribution >= 0.6 is 11.8 Å². The SMILES string of the molecule is CNc1ccc(Oc2ccnc3cc(OCCCN(C)CCCSC(C)=O)c(OC)cc23)c(F)c1. The number of anilines is 1. The lowest BCUT2D eigenvalue weighted by molar-refractivity contribution is -0.109. The molecule has 0 atom stereocenters. The number of benzene rings is 2. The first-order valence-corrected chi connectivity index (χ1v) is 12.5. The Balaban J connectivity index is 1.63. The maximum Gasteiger partial charge on any atom is 0.185 e. The molecule has 2 aromatic carbocycles. The predicted octanol–water partition coefficient (Wildman–Crippen LogP) is 5.59. The standard InChI is InChI=1S/C26H32FN3O4S/c1-18(31)35-14-6-12-30(3)11-5-13-33-26-17-22-20(16-25(26)32-4)23(9-10-29-22)34-24-8-7-19(28-2)15-21(24)27/h7-10,15-17,28H,5-6,11-14H2,1-4H3. The van der Waals surface area contributed by atoms with Crippen molar-refractivity contribution >= 4 is 33.5 Å². The van der Waals surface area contributed by atoms with Crippen molar-refractivity contribution in [2.45, 2.75) is 19.8 Å². The zero-order chi connectivity index (χ0) is 25.2. The molecule has 1 aromatic heterocycles. The highest BCUT2D eigenvalue weighted by Crippen LogP contribution is 2.37. The maximum atomic E-state index is 14.4. The van der Waals surface area contributed by atoms with E-state index in [9.17, 15) is 9.18 Å². The van der Waals surface area contributed by atoms with E-state index >= 15 is 0 Å². The van der Waals surface area contributed by atoms with Gasteiger partial charge in [0.05, 0.1) is 19.2 Å². The van der Waals surface area contributed by atoms with Crippen LogP contribution in [0.15, 0.2) is 42.6 Å². The third kappa shape index (κ3) is 7.73. The average Bonchev–Trinajstić information content (AvgIpc) is 2.85. The van der Waals surface area contributed by atoms with Crippen molar-refractivity contribution in [3.05, 3.63) is 48.4 Å². The highest BCUT2D eigenvalue weighted by molar-refractivity contribution is 8.13. The van der Waals surface area contributed by atoms with Gasteiger partial charge in [0.2, 0.25) is 0 Å². The Kier molecular flexibility index (Phi) is 9.98. The molecule has 0 aliphatic heterocycles. The Morgan fingerprint density at radius 1 is 1.09 bits per heavy atom. The number of carbonyl (C=O) groups excluding carboxylic acids is 1. The lowest BCUT2D eigenvalue weighted by Crippen LogP contribution is -2.23. The summed E-state index contributed by atoms with van der Waals surface area (Å²) in [6, 6.07) is 10.0. The molecule has 0 fully saturated rings. The summed E-state index contributed by atoms with van der Waals surface area (Å²) in [7, 11) is 5.37. The molecule has 0 spiro atoms. The van der Waals surface area contributed by atoms with Gasteiger partial charge in [-0.1, -0.05) is 11.8 Å². The maximum absolute atomic E-state index is 14.4. The van der Waals surface area contributed by atoms with Gasteiger partial charge in [-0.25, -0.2) is 4.39 Å². The number of ether oxygens (including phenoxy) is 3. The van der Waals surface area contributed by atoms with Crippen molar-refractivity contribution in [2.24, 2.45) is 0 Å². The molecule has 1 heterocycles. The molecular formula is C26H32FN3O4S. The van der Waals surface area contributed by atoms with Gasteiger partial charge >= 0.3 is 0 Å². The van der Waals surface area contributed by atoms with Crippen LogP contribution in [0.25, 0.3) is 10.9 Å².